The molecular formula is C16H20BrNOS. The minimum Gasteiger partial charge on any atom is -0.496 e. The SMILES string of the molecule is CCNC(c1ccc(C)c(OC)c1)c1cc(Br)c(C)s1. The molecule has 0 saturated carbocycles. The van der Waals surface area contributed by atoms with E-state index in [1.54, 1.807) is 7.11 Å². The normalized spacial score (nSPS) is 12.4. The summed E-state index contributed by atoms with van der Waals surface area (Å²) in [5.74, 6) is 0.942. The van der Waals surface area contributed by atoms with Gasteiger partial charge in [0.1, 0.15) is 5.75 Å². The Balaban J connectivity index is 2.42. The summed E-state index contributed by atoms with van der Waals surface area (Å²) in [4.78, 5) is 2.63. The first-order valence-corrected chi connectivity index (χ1v) is 8.31. The summed E-state index contributed by atoms with van der Waals surface area (Å²) >= 11 is 5.43. The molecule has 1 heterocycles. The van der Waals surface area contributed by atoms with Crippen molar-refractivity contribution in [2.24, 2.45) is 0 Å². The van der Waals surface area contributed by atoms with Crippen LogP contribution in [0, 0.1) is 13.8 Å². The van der Waals surface area contributed by atoms with Crippen LogP contribution >= 0.6 is 27.3 Å². The molecule has 20 heavy (non-hydrogen) atoms. The van der Waals surface area contributed by atoms with Crippen LogP contribution in [-0.4, -0.2) is 13.7 Å². The van der Waals surface area contributed by atoms with Crippen LogP contribution in [0.4, 0.5) is 0 Å². The van der Waals surface area contributed by atoms with E-state index in [9.17, 15) is 0 Å². The van der Waals surface area contributed by atoms with Crippen LogP contribution in [0.2, 0.25) is 0 Å². The third kappa shape index (κ3) is 3.25. The molecule has 1 aromatic heterocycles. The lowest BCUT2D eigenvalue weighted by Gasteiger charge is -2.18. The molecule has 2 aromatic rings. The largest absolute Gasteiger partial charge is 0.496 e. The summed E-state index contributed by atoms with van der Waals surface area (Å²) in [6, 6.07) is 8.84. The Bertz CT molecular complexity index is 575. The summed E-state index contributed by atoms with van der Waals surface area (Å²) in [7, 11) is 1.72. The van der Waals surface area contributed by atoms with E-state index in [1.165, 1.54) is 19.8 Å². The molecule has 108 valence electrons. The molecule has 0 aliphatic rings. The summed E-state index contributed by atoms with van der Waals surface area (Å²) < 4.78 is 6.63. The zero-order valence-electron chi connectivity index (χ0n) is 12.3. The van der Waals surface area contributed by atoms with Gasteiger partial charge in [0.2, 0.25) is 0 Å². The molecule has 0 saturated heterocycles. The van der Waals surface area contributed by atoms with Crippen molar-refractivity contribution in [2.45, 2.75) is 26.8 Å². The molecule has 0 aliphatic carbocycles. The van der Waals surface area contributed by atoms with Crippen molar-refractivity contribution in [1.82, 2.24) is 5.32 Å². The minimum absolute atomic E-state index is 0.212. The third-order valence-corrected chi connectivity index (χ3v) is 5.54. The van der Waals surface area contributed by atoms with Gasteiger partial charge in [0.25, 0.3) is 0 Å². The molecule has 0 radical (unpaired) electrons. The van der Waals surface area contributed by atoms with Crippen LogP contribution in [0.1, 0.15) is 33.8 Å². The van der Waals surface area contributed by atoms with Crippen molar-refractivity contribution in [2.75, 3.05) is 13.7 Å². The molecule has 4 heteroatoms. The van der Waals surface area contributed by atoms with E-state index >= 15 is 0 Å². The molecule has 1 unspecified atom stereocenters. The van der Waals surface area contributed by atoms with E-state index in [0.717, 1.165) is 17.9 Å². The predicted octanol–water partition coefficient (Wildman–Crippen LogP) is 4.83. The highest BCUT2D eigenvalue weighted by Gasteiger charge is 2.17. The van der Waals surface area contributed by atoms with Gasteiger partial charge in [0, 0.05) is 14.2 Å². The molecule has 1 N–H and O–H groups in total. The fourth-order valence-electron chi connectivity index (χ4n) is 2.23. The monoisotopic (exact) mass is 353 g/mol. The standard InChI is InChI=1S/C16H20BrNOS/c1-5-18-16(15-9-13(17)11(3)20-15)12-7-6-10(2)14(8-12)19-4/h6-9,16,18H,5H2,1-4H3. The Morgan fingerprint density at radius 1 is 1.30 bits per heavy atom. The van der Waals surface area contributed by atoms with Gasteiger partial charge in [-0.3, -0.25) is 0 Å². The molecular weight excluding hydrogens is 334 g/mol. The zero-order chi connectivity index (χ0) is 14.7. The van der Waals surface area contributed by atoms with Crippen LogP contribution in [0.3, 0.4) is 0 Å². The number of benzene rings is 1. The average Bonchev–Trinajstić information content (AvgIpc) is 2.76. The average molecular weight is 354 g/mol. The topological polar surface area (TPSA) is 21.3 Å². The van der Waals surface area contributed by atoms with Crippen molar-refractivity contribution in [1.29, 1.82) is 0 Å². The molecule has 1 aromatic carbocycles. The molecule has 0 aliphatic heterocycles. The van der Waals surface area contributed by atoms with E-state index < -0.39 is 0 Å². The number of nitrogens with one attached hydrogen (secondary N) is 1. The van der Waals surface area contributed by atoms with Crippen molar-refractivity contribution < 1.29 is 4.74 Å². The molecule has 0 spiro atoms. The maximum atomic E-state index is 5.45. The lowest BCUT2D eigenvalue weighted by atomic mass is 10.0. The van der Waals surface area contributed by atoms with Gasteiger partial charge in [-0.15, -0.1) is 11.3 Å². The number of aryl methyl sites for hydroxylation is 2. The zero-order valence-corrected chi connectivity index (χ0v) is 14.7. The fraction of sp³-hybridized carbons (Fsp3) is 0.375. The highest BCUT2D eigenvalue weighted by Crippen LogP contribution is 2.35. The first-order valence-electron chi connectivity index (χ1n) is 6.70. The molecule has 0 bridgehead atoms. The first-order chi connectivity index (χ1) is 9.56. The van der Waals surface area contributed by atoms with Gasteiger partial charge < -0.3 is 10.1 Å². The lowest BCUT2D eigenvalue weighted by Crippen LogP contribution is -2.21. The predicted molar refractivity (Wildman–Crippen MR) is 90.0 cm³/mol. The van der Waals surface area contributed by atoms with Crippen LogP contribution in [-0.2, 0) is 0 Å². The summed E-state index contributed by atoms with van der Waals surface area (Å²) in [5, 5.41) is 3.56. The Morgan fingerprint density at radius 3 is 2.60 bits per heavy atom. The van der Waals surface area contributed by atoms with Gasteiger partial charge in [-0.2, -0.15) is 0 Å². The maximum Gasteiger partial charge on any atom is 0.122 e. The summed E-state index contributed by atoms with van der Waals surface area (Å²) in [6.45, 7) is 7.26. The van der Waals surface area contributed by atoms with E-state index in [2.05, 4.69) is 66.3 Å². The van der Waals surface area contributed by atoms with E-state index in [-0.39, 0.29) is 6.04 Å². The number of ether oxygens (including phenoxy) is 1. The Kier molecular flexibility index (Phi) is 5.24. The molecule has 2 rings (SSSR count). The van der Waals surface area contributed by atoms with Crippen LogP contribution < -0.4 is 10.1 Å². The lowest BCUT2D eigenvalue weighted by molar-refractivity contribution is 0.410. The van der Waals surface area contributed by atoms with Gasteiger partial charge in [0.15, 0.2) is 0 Å². The van der Waals surface area contributed by atoms with Gasteiger partial charge >= 0.3 is 0 Å². The first kappa shape index (κ1) is 15.5. The maximum absolute atomic E-state index is 5.45. The van der Waals surface area contributed by atoms with Crippen molar-refractivity contribution in [3.05, 3.63) is 49.6 Å². The van der Waals surface area contributed by atoms with Crippen molar-refractivity contribution >= 4 is 27.3 Å². The summed E-state index contributed by atoms with van der Waals surface area (Å²) in [6.07, 6.45) is 0. The molecule has 2 nitrogen and oxygen atoms in total. The van der Waals surface area contributed by atoms with Gasteiger partial charge in [-0.1, -0.05) is 19.1 Å². The van der Waals surface area contributed by atoms with E-state index in [1.807, 2.05) is 11.3 Å². The van der Waals surface area contributed by atoms with Crippen molar-refractivity contribution in [3.63, 3.8) is 0 Å². The number of halogens is 1. The molecule has 1 atom stereocenters. The van der Waals surface area contributed by atoms with Crippen LogP contribution in [0.15, 0.2) is 28.7 Å². The number of methoxy groups -OCH3 is 1. The van der Waals surface area contributed by atoms with Gasteiger partial charge in [0.05, 0.1) is 13.2 Å². The highest BCUT2D eigenvalue weighted by molar-refractivity contribution is 9.10. The quantitative estimate of drug-likeness (QED) is 0.830. The number of hydrogen-bond donors (Lipinski definition) is 1. The Labute approximate surface area is 133 Å². The second kappa shape index (κ2) is 6.74. The smallest absolute Gasteiger partial charge is 0.122 e. The second-order valence-electron chi connectivity index (χ2n) is 4.77. The fourth-order valence-corrected chi connectivity index (χ4v) is 3.89. The molecule has 0 amide bonds. The van der Waals surface area contributed by atoms with Gasteiger partial charge in [-0.05, 0) is 59.6 Å². The minimum atomic E-state index is 0.212. The van der Waals surface area contributed by atoms with E-state index in [4.69, 9.17) is 4.74 Å². The second-order valence-corrected chi connectivity index (χ2v) is 6.91. The number of thiophene rings is 1. The number of hydrogen-bond acceptors (Lipinski definition) is 3. The summed E-state index contributed by atoms with van der Waals surface area (Å²) in [5.41, 5.74) is 2.40. The van der Waals surface area contributed by atoms with Gasteiger partial charge in [-0.25, -0.2) is 0 Å². The molecule has 0 fully saturated rings. The van der Waals surface area contributed by atoms with Crippen molar-refractivity contribution in [3.8, 4) is 5.75 Å². The Morgan fingerprint density at radius 2 is 2.05 bits per heavy atom. The van der Waals surface area contributed by atoms with E-state index in [0.29, 0.717) is 0 Å². The Hall–Kier alpha value is -0.840. The van der Waals surface area contributed by atoms with Crippen LogP contribution in [0.25, 0.3) is 0 Å². The number of rotatable bonds is 5. The third-order valence-electron chi connectivity index (χ3n) is 3.33. The van der Waals surface area contributed by atoms with Crippen LogP contribution in [0.5, 0.6) is 5.75 Å². The highest BCUT2D eigenvalue weighted by atomic mass is 79.9.